The number of aliphatic hydroxyl groups excluding tert-OH is 4. The number of benzene rings is 2. The molecule has 3 heterocycles. The zero-order valence-electron chi connectivity index (χ0n) is 26.0. The van der Waals surface area contributed by atoms with E-state index in [1.807, 2.05) is 0 Å². The lowest BCUT2D eigenvalue weighted by molar-refractivity contribution is -0.320. The lowest BCUT2D eigenvalue weighted by Gasteiger charge is -2.43. The van der Waals surface area contributed by atoms with Gasteiger partial charge >= 0.3 is 11.9 Å². The molecule has 3 aromatic rings. The van der Waals surface area contributed by atoms with Crippen LogP contribution in [0.4, 0.5) is 0 Å². The van der Waals surface area contributed by atoms with Gasteiger partial charge in [-0.3, -0.25) is 14.4 Å². The largest absolute Gasteiger partial charge is 0.508 e. The average Bonchev–Trinajstić information content (AvgIpc) is 3.02. The van der Waals surface area contributed by atoms with E-state index in [1.54, 1.807) is 0 Å². The van der Waals surface area contributed by atoms with E-state index in [1.165, 1.54) is 13.0 Å². The molecule has 8 N–H and O–H groups in total. The Bertz CT molecular complexity index is 1770. The summed E-state index contributed by atoms with van der Waals surface area (Å²) < 4.78 is 38.7. The number of aromatic hydroxyl groups is 4. The van der Waals surface area contributed by atoms with Crippen LogP contribution in [0.1, 0.15) is 20.8 Å². The molecule has 2 aromatic carbocycles. The van der Waals surface area contributed by atoms with Crippen molar-refractivity contribution in [1.29, 1.82) is 0 Å². The van der Waals surface area contributed by atoms with Crippen molar-refractivity contribution in [2.75, 3.05) is 6.61 Å². The molecule has 10 atom stereocenters. The maximum absolute atomic E-state index is 13.7. The molecule has 0 spiro atoms. The second kappa shape index (κ2) is 14.0. The van der Waals surface area contributed by atoms with Gasteiger partial charge in [0.05, 0.1) is 12.7 Å². The van der Waals surface area contributed by atoms with Gasteiger partial charge in [0.1, 0.15) is 53.0 Å². The number of rotatable bonds is 8. The van der Waals surface area contributed by atoms with Gasteiger partial charge in [0.25, 0.3) is 0 Å². The predicted molar refractivity (Wildman–Crippen MR) is 159 cm³/mol. The maximum atomic E-state index is 13.7. The Kier molecular flexibility index (Phi) is 10.2. The third-order valence-corrected chi connectivity index (χ3v) is 7.84. The molecule has 1 aromatic heterocycles. The van der Waals surface area contributed by atoms with E-state index >= 15 is 0 Å². The average molecular weight is 695 g/mol. The molecule has 2 aliphatic heterocycles. The van der Waals surface area contributed by atoms with Crippen molar-refractivity contribution in [3.05, 3.63) is 40.6 Å². The Morgan fingerprint density at radius 1 is 0.776 bits per heavy atom. The topological polar surface area (TPSA) is 282 Å². The Morgan fingerprint density at radius 3 is 2.10 bits per heavy atom. The highest BCUT2D eigenvalue weighted by atomic mass is 16.7. The van der Waals surface area contributed by atoms with E-state index in [9.17, 15) is 55.2 Å². The summed E-state index contributed by atoms with van der Waals surface area (Å²) in [6, 6.07) is 5.19. The van der Waals surface area contributed by atoms with Crippen LogP contribution in [0.15, 0.2) is 39.5 Å². The minimum absolute atomic E-state index is 0.0511. The number of hydrogen-bond acceptors (Lipinski definition) is 18. The first-order valence-corrected chi connectivity index (χ1v) is 14.8. The zero-order chi connectivity index (χ0) is 35.9. The molecule has 5 rings (SSSR count). The minimum Gasteiger partial charge on any atom is -0.508 e. The second-order valence-electron chi connectivity index (χ2n) is 11.4. The van der Waals surface area contributed by atoms with Gasteiger partial charge in [0, 0.05) is 31.5 Å². The molecule has 18 heteroatoms. The SMILES string of the molecule is CC(=O)O[C@@H]1[C@@H](OC(C)=O)[C@@H](O)[C@H](OC[C@H]2O[C@@H](Oc3c(-c4ccc(O)c(O)c4)oc4cc(O)cc(O)c4c3=O)[C@H](O)[C@@H](O)[C@@H]2O)O[C@H]1C. The van der Waals surface area contributed by atoms with Crippen LogP contribution in [0.25, 0.3) is 22.3 Å². The van der Waals surface area contributed by atoms with Crippen molar-refractivity contribution >= 4 is 22.9 Å². The molecule has 2 fully saturated rings. The molecule has 18 nitrogen and oxygen atoms in total. The fourth-order valence-corrected chi connectivity index (χ4v) is 5.49. The highest BCUT2D eigenvalue weighted by molar-refractivity contribution is 5.88. The van der Waals surface area contributed by atoms with E-state index in [-0.39, 0.29) is 11.1 Å². The Balaban J connectivity index is 1.43. The summed E-state index contributed by atoms with van der Waals surface area (Å²) in [7, 11) is 0. The molecule has 0 amide bonds. The van der Waals surface area contributed by atoms with Crippen LogP contribution in [0.5, 0.6) is 28.7 Å². The van der Waals surface area contributed by atoms with E-state index in [0.29, 0.717) is 0 Å². The molecule has 0 aliphatic carbocycles. The summed E-state index contributed by atoms with van der Waals surface area (Å²) in [6.45, 7) is 2.99. The quantitative estimate of drug-likeness (QED) is 0.108. The number of carbonyl (C=O) groups excluding carboxylic acids is 2. The Hall–Kier alpha value is -4.69. The van der Waals surface area contributed by atoms with Gasteiger partial charge < -0.3 is 73.7 Å². The minimum atomic E-state index is -2.01. The normalized spacial score (nSPS) is 30.1. The van der Waals surface area contributed by atoms with Gasteiger partial charge in [-0.1, -0.05) is 0 Å². The van der Waals surface area contributed by atoms with Crippen LogP contribution in [0.3, 0.4) is 0 Å². The lowest BCUT2D eigenvalue weighted by Crippen LogP contribution is -2.62. The molecule has 0 radical (unpaired) electrons. The highest BCUT2D eigenvalue weighted by Crippen LogP contribution is 2.39. The third kappa shape index (κ3) is 7.20. The molecule has 0 unspecified atom stereocenters. The standard InChI is InChI=1S/C31H34O18/c1-10-26(45-11(2)32)29(46-12(3)33)25(42)30(44-10)43-9-19-21(38)23(40)24(41)31(48-19)49-28-22(39)20-17(37)7-14(34)8-18(20)47-27(28)13-4-5-15(35)16(36)6-13/h4-8,10,19,21,23-26,29-31,34-38,40-42H,9H2,1-3H3/t10-,19+,21+,23-,24+,25+,26-,29-,30+,31-/m0/s1. The van der Waals surface area contributed by atoms with Crippen molar-refractivity contribution in [3.63, 3.8) is 0 Å². The third-order valence-electron chi connectivity index (χ3n) is 7.84. The van der Waals surface area contributed by atoms with Gasteiger partial charge in [-0.25, -0.2) is 0 Å². The van der Waals surface area contributed by atoms with E-state index in [4.69, 9.17) is 32.8 Å². The van der Waals surface area contributed by atoms with Crippen LogP contribution in [0, 0.1) is 0 Å². The smallest absolute Gasteiger partial charge is 0.303 e. The van der Waals surface area contributed by atoms with Gasteiger partial charge in [-0.05, 0) is 25.1 Å². The fraction of sp³-hybridized carbons (Fsp3) is 0.452. The van der Waals surface area contributed by atoms with Crippen molar-refractivity contribution in [2.45, 2.75) is 82.2 Å². The molecule has 2 saturated heterocycles. The number of fused-ring (bicyclic) bond motifs is 1. The Morgan fingerprint density at radius 2 is 1.45 bits per heavy atom. The maximum Gasteiger partial charge on any atom is 0.303 e. The van der Waals surface area contributed by atoms with Gasteiger partial charge in [0.15, 0.2) is 35.8 Å². The van der Waals surface area contributed by atoms with Crippen LogP contribution >= 0.6 is 0 Å². The lowest BCUT2D eigenvalue weighted by atomic mass is 9.98. The number of ether oxygens (including phenoxy) is 6. The number of phenols is 4. The van der Waals surface area contributed by atoms with Gasteiger partial charge in [-0.15, -0.1) is 0 Å². The number of carbonyl (C=O) groups is 2. The van der Waals surface area contributed by atoms with Crippen molar-refractivity contribution in [3.8, 4) is 40.1 Å². The first-order chi connectivity index (χ1) is 23.1. The molecular formula is C31H34O18. The molecule has 266 valence electrons. The first kappa shape index (κ1) is 35.6. The summed E-state index contributed by atoms with van der Waals surface area (Å²) in [5.74, 6) is -4.98. The summed E-state index contributed by atoms with van der Waals surface area (Å²) in [6.07, 6.45) is -16.1. The van der Waals surface area contributed by atoms with E-state index < -0.39 is 125 Å². The zero-order valence-corrected chi connectivity index (χ0v) is 26.0. The monoisotopic (exact) mass is 694 g/mol. The van der Waals surface area contributed by atoms with Crippen LogP contribution < -0.4 is 10.2 Å². The van der Waals surface area contributed by atoms with Gasteiger partial charge in [0.2, 0.25) is 17.5 Å². The summed E-state index contributed by atoms with van der Waals surface area (Å²) >= 11 is 0. The van der Waals surface area contributed by atoms with E-state index in [2.05, 4.69) is 0 Å². The van der Waals surface area contributed by atoms with Crippen molar-refractivity contribution in [1.82, 2.24) is 0 Å². The van der Waals surface area contributed by atoms with Crippen LogP contribution in [-0.4, -0.2) is 121 Å². The van der Waals surface area contributed by atoms with Crippen LogP contribution in [0.2, 0.25) is 0 Å². The number of hydrogen-bond donors (Lipinski definition) is 8. The van der Waals surface area contributed by atoms with E-state index in [0.717, 1.165) is 38.1 Å². The Labute approximate surface area is 275 Å². The molecular weight excluding hydrogens is 660 g/mol. The molecule has 49 heavy (non-hydrogen) atoms. The van der Waals surface area contributed by atoms with Crippen molar-refractivity contribution < 1.29 is 83.3 Å². The molecule has 2 aliphatic rings. The summed E-state index contributed by atoms with van der Waals surface area (Å²) in [5.41, 5.74) is -1.41. The second-order valence-corrected chi connectivity index (χ2v) is 11.4. The molecule has 0 bridgehead atoms. The van der Waals surface area contributed by atoms with Gasteiger partial charge in [-0.2, -0.15) is 0 Å². The van der Waals surface area contributed by atoms with Crippen LogP contribution in [-0.2, 0) is 33.3 Å². The summed E-state index contributed by atoms with van der Waals surface area (Å²) in [4.78, 5) is 37.0. The highest BCUT2D eigenvalue weighted by Gasteiger charge is 2.50. The number of esters is 2. The van der Waals surface area contributed by atoms with Crippen molar-refractivity contribution in [2.24, 2.45) is 0 Å². The predicted octanol–water partition coefficient (Wildman–Crippen LogP) is -0.546. The number of aliphatic hydroxyl groups is 4. The number of phenolic OH excluding ortho intramolecular Hbond substituents is 4. The first-order valence-electron chi connectivity index (χ1n) is 14.8. The fourth-order valence-electron chi connectivity index (χ4n) is 5.49. The summed E-state index contributed by atoms with van der Waals surface area (Å²) in [5, 5.41) is 82.9. The molecule has 0 saturated carbocycles.